The summed E-state index contributed by atoms with van der Waals surface area (Å²) in [5.41, 5.74) is 0. The number of aliphatic carboxylic acids is 1. The van der Waals surface area contributed by atoms with Crippen LogP contribution in [0.5, 0.6) is 0 Å². The van der Waals surface area contributed by atoms with E-state index in [1.54, 1.807) is 12.1 Å². The molecule has 1 aliphatic rings. The van der Waals surface area contributed by atoms with Crippen molar-refractivity contribution in [3.05, 3.63) is 30.1 Å². The van der Waals surface area contributed by atoms with Crippen LogP contribution in [0.1, 0.15) is 6.92 Å². The third kappa shape index (κ3) is 3.70. The molecule has 3 nitrogen and oxygen atoms in total. The van der Waals surface area contributed by atoms with E-state index in [-0.39, 0.29) is 17.7 Å². The highest BCUT2D eigenvalue weighted by Crippen LogP contribution is 2.25. The molecule has 1 aromatic carbocycles. The van der Waals surface area contributed by atoms with Gasteiger partial charge in [-0.25, -0.2) is 4.39 Å². The predicted molar refractivity (Wildman–Crippen MR) is 73.9 cm³/mol. The highest BCUT2D eigenvalue weighted by atomic mass is 32.2. The van der Waals surface area contributed by atoms with Crippen molar-refractivity contribution in [2.45, 2.75) is 11.8 Å². The molecule has 0 bridgehead atoms. The first-order chi connectivity index (χ1) is 9.08. The highest BCUT2D eigenvalue weighted by Gasteiger charge is 2.34. The number of hydrogen-bond donors (Lipinski definition) is 1. The minimum absolute atomic E-state index is 0.189. The average molecular weight is 283 g/mol. The number of hydrogen-bond acceptors (Lipinski definition) is 3. The molecule has 0 aliphatic carbocycles. The van der Waals surface area contributed by atoms with E-state index < -0.39 is 5.97 Å². The van der Waals surface area contributed by atoms with Crippen LogP contribution in [0.15, 0.2) is 29.2 Å². The number of nitrogens with zero attached hydrogens (tertiary/aromatic N) is 1. The Labute approximate surface area is 116 Å². The van der Waals surface area contributed by atoms with Crippen molar-refractivity contribution in [3.8, 4) is 0 Å². The maximum absolute atomic E-state index is 13.4. The van der Waals surface area contributed by atoms with Crippen molar-refractivity contribution in [2.75, 3.05) is 25.4 Å². The SMILES string of the molecule is C[C@@H]1CN(CCSc2ccccc2F)C[C@H]1C(=O)O. The lowest BCUT2D eigenvalue weighted by Gasteiger charge is -2.14. The van der Waals surface area contributed by atoms with E-state index in [1.165, 1.54) is 17.8 Å². The summed E-state index contributed by atoms with van der Waals surface area (Å²) in [6, 6.07) is 6.73. The maximum atomic E-state index is 13.4. The van der Waals surface area contributed by atoms with Crippen LogP contribution in [0.2, 0.25) is 0 Å². The predicted octanol–water partition coefficient (Wildman–Crippen LogP) is 2.57. The molecule has 1 saturated heterocycles. The molecule has 0 saturated carbocycles. The van der Waals surface area contributed by atoms with Gasteiger partial charge < -0.3 is 10.0 Å². The Morgan fingerprint density at radius 2 is 2.21 bits per heavy atom. The molecule has 1 fully saturated rings. The van der Waals surface area contributed by atoms with E-state index in [0.29, 0.717) is 11.4 Å². The Morgan fingerprint density at radius 1 is 1.47 bits per heavy atom. The number of thioether (sulfide) groups is 1. The maximum Gasteiger partial charge on any atom is 0.308 e. The lowest BCUT2D eigenvalue weighted by atomic mass is 9.99. The molecule has 2 atom stereocenters. The Hall–Kier alpha value is -1.07. The van der Waals surface area contributed by atoms with Gasteiger partial charge in [-0.15, -0.1) is 11.8 Å². The number of benzene rings is 1. The third-order valence-corrected chi connectivity index (χ3v) is 4.54. The number of carboxylic acids is 1. The van der Waals surface area contributed by atoms with Crippen LogP contribution < -0.4 is 0 Å². The summed E-state index contributed by atoms with van der Waals surface area (Å²) in [7, 11) is 0. The zero-order valence-electron chi connectivity index (χ0n) is 10.9. The van der Waals surface area contributed by atoms with Crippen molar-refractivity contribution < 1.29 is 14.3 Å². The first kappa shape index (κ1) is 14.3. The summed E-state index contributed by atoms with van der Waals surface area (Å²) in [5.74, 6) is -0.197. The second-order valence-electron chi connectivity index (χ2n) is 4.96. The largest absolute Gasteiger partial charge is 0.481 e. The van der Waals surface area contributed by atoms with Gasteiger partial charge in [0, 0.05) is 30.3 Å². The Kier molecular flexibility index (Phi) is 4.82. The summed E-state index contributed by atoms with van der Waals surface area (Å²) >= 11 is 1.48. The molecule has 0 spiro atoms. The van der Waals surface area contributed by atoms with Crippen LogP contribution >= 0.6 is 11.8 Å². The Bertz CT molecular complexity index is 455. The molecule has 0 amide bonds. The highest BCUT2D eigenvalue weighted by molar-refractivity contribution is 7.99. The average Bonchev–Trinajstić information content (AvgIpc) is 2.73. The van der Waals surface area contributed by atoms with Crippen LogP contribution in [0.3, 0.4) is 0 Å². The van der Waals surface area contributed by atoms with E-state index in [2.05, 4.69) is 4.90 Å². The molecule has 2 rings (SSSR count). The summed E-state index contributed by atoms with van der Waals surface area (Å²) in [6.45, 7) is 4.19. The van der Waals surface area contributed by atoms with Crippen molar-refractivity contribution >= 4 is 17.7 Å². The van der Waals surface area contributed by atoms with Gasteiger partial charge in [-0.1, -0.05) is 19.1 Å². The van der Waals surface area contributed by atoms with Gasteiger partial charge in [0.05, 0.1) is 5.92 Å². The van der Waals surface area contributed by atoms with Crippen molar-refractivity contribution in [3.63, 3.8) is 0 Å². The van der Waals surface area contributed by atoms with E-state index >= 15 is 0 Å². The second-order valence-corrected chi connectivity index (χ2v) is 6.10. The van der Waals surface area contributed by atoms with Gasteiger partial charge in [-0.05, 0) is 18.1 Å². The summed E-state index contributed by atoms with van der Waals surface area (Å²) in [6.07, 6.45) is 0. The zero-order chi connectivity index (χ0) is 13.8. The summed E-state index contributed by atoms with van der Waals surface area (Å²) < 4.78 is 13.4. The molecule has 1 heterocycles. The van der Waals surface area contributed by atoms with Crippen LogP contribution in [-0.2, 0) is 4.79 Å². The van der Waals surface area contributed by atoms with Crippen LogP contribution in [-0.4, -0.2) is 41.4 Å². The van der Waals surface area contributed by atoms with Crippen molar-refractivity contribution in [1.82, 2.24) is 4.90 Å². The minimum atomic E-state index is -0.711. The van der Waals surface area contributed by atoms with E-state index in [9.17, 15) is 9.18 Å². The van der Waals surface area contributed by atoms with Gasteiger partial charge in [-0.2, -0.15) is 0 Å². The normalized spacial score (nSPS) is 23.7. The molecular weight excluding hydrogens is 265 g/mol. The molecule has 0 unspecified atom stereocenters. The third-order valence-electron chi connectivity index (χ3n) is 3.51. The molecule has 1 N–H and O–H groups in total. The number of carboxylic acid groups (broad SMARTS) is 1. The number of carbonyl (C=O) groups is 1. The standard InChI is InChI=1S/C14H18FNO2S/c1-10-8-16(9-11(10)14(17)18)6-7-19-13-5-3-2-4-12(13)15/h2-5,10-11H,6-9H2,1H3,(H,17,18)/t10-,11-/m1/s1. The number of halogens is 1. The minimum Gasteiger partial charge on any atom is -0.481 e. The topological polar surface area (TPSA) is 40.5 Å². The zero-order valence-corrected chi connectivity index (χ0v) is 11.7. The lowest BCUT2D eigenvalue weighted by Crippen LogP contribution is -2.25. The number of likely N-dealkylation sites (tertiary alicyclic amines) is 1. The molecular formula is C14H18FNO2S. The van der Waals surface area contributed by atoms with Gasteiger partial charge in [0.25, 0.3) is 0 Å². The molecule has 19 heavy (non-hydrogen) atoms. The summed E-state index contributed by atoms with van der Waals surface area (Å²) in [4.78, 5) is 13.8. The summed E-state index contributed by atoms with van der Waals surface area (Å²) in [5, 5.41) is 9.06. The van der Waals surface area contributed by atoms with E-state index in [1.807, 2.05) is 13.0 Å². The molecule has 5 heteroatoms. The van der Waals surface area contributed by atoms with Crippen molar-refractivity contribution in [2.24, 2.45) is 11.8 Å². The monoisotopic (exact) mass is 283 g/mol. The fourth-order valence-electron chi connectivity index (χ4n) is 2.42. The lowest BCUT2D eigenvalue weighted by molar-refractivity contribution is -0.142. The van der Waals surface area contributed by atoms with Crippen LogP contribution in [0.4, 0.5) is 4.39 Å². The van der Waals surface area contributed by atoms with Gasteiger partial charge >= 0.3 is 5.97 Å². The second kappa shape index (κ2) is 6.39. The molecule has 0 radical (unpaired) electrons. The smallest absolute Gasteiger partial charge is 0.308 e. The number of rotatable bonds is 5. The van der Waals surface area contributed by atoms with Gasteiger partial charge in [0.15, 0.2) is 0 Å². The first-order valence-corrected chi connectivity index (χ1v) is 7.39. The Balaban J connectivity index is 1.78. The van der Waals surface area contributed by atoms with Crippen molar-refractivity contribution in [1.29, 1.82) is 0 Å². The van der Waals surface area contributed by atoms with Gasteiger partial charge in [0.1, 0.15) is 5.82 Å². The van der Waals surface area contributed by atoms with E-state index in [4.69, 9.17) is 5.11 Å². The first-order valence-electron chi connectivity index (χ1n) is 6.40. The van der Waals surface area contributed by atoms with Gasteiger partial charge in [0.2, 0.25) is 0 Å². The van der Waals surface area contributed by atoms with Crippen LogP contribution in [0, 0.1) is 17.7 Å². The molecule has 1 aromatic rings. The quantitative estimate of drug-likeness (QED) is 0.843. The fraction of sp³-hybridized carbons (Fsp3) is 0.500. The molecule has 1 aliphatic heterocycles. The fourth-order valence-corrected chi connectivity index (χ4v) is 3.37. The van der Waals surface area contributed by atoms with E-state index in [0.717, 1.165) is 18.8 Å². The molecule has 0 aromatic heterocycles. The van der Waals surface area contributed by atoms with Gasteiger partial charge in [-0.3, -0.25) is 4.79 Å². The Morgan fingerprint density at radius 3 is 2.84 bits per heavy atom. The van der Waals surface area contributed by atoms with Crippen LogP contribution in [0.25, 0.3) is 0 Å². The molecule has 104 valence electrons.